The molecule has 4 nitrogen and oxygen atoms in total. The molecule has 126 valence electrons. The summed E-state index contributed by atoms with van der Waals surface area (Å²) in [5, 5.41) is 0. The normalized spacial score (nSPS) is 32.0. The highest BCUT2D eigenvalue weighted by molar-refractivity contribution is 5.78. The molecule has 2 amide bonds. The monoisotopic (exact) mass is 316 g/mol. The van der Waals surface area contributed by atoms with Gasteiger partial charge in [0.2, 0.25) is 0 Å². The van der Waals surface area contributed by atoms with Crippen LogP contribution in [0.15, 0.2) is 30.3 Å². The number of amides is 2. The van der Waals surface area contributed by atoms with E-state index in [1.54, 1.807) is 0 Å². The number of hydrogen-bond acceptors (Lipinski definition) is 2. The Kier molecular flexibility index (Phi) is 4.13. The van der Waals surface area contributed by atoms with Crippen molar-refractivity contribution in [3.8, 4) is 0 Å². The number of rotatable bonds is 2. The van der Waals surface area contributed by atoms with Crippen LogP contribution < -0.4 is 0 Å². The summed E-state index contributed by atoms with van der Waals surface area (Å²) in [6, 6.07) is 10.6. The quantitative estimate of drug-likeness (QED) is 0.825. The molecule has 1 aromatic carbocycles. The van der Waals surface area contributed by atoms with Crippen molar-refractivity contribution in [2.75, 3.05) is 7.05 Å². The first-order valence-corrected chi connectivity index (χ1v) is 8.56. The zero-order valence-electron chi connectivity index (χ0n) is 14.8. The summed E-state index contributed by atoms with van der Waals surface area (Å²) in [4.78, 5) is 16.6. The third-order valence-electron chi connectivity index (χ3n) is 5.30. The first-order chi connectivity index (χ1) is 10.8. The zero-order valence-corrected chi connectivity index (χ0v) is 14.8. The van der Waals surface area contributed by atoms with Gasteiger partial charge in [0, 0.05) is 7.05 Å². The van der Waals surface area contributed by atoms with Crippen molar-refractivity contribution in [1.82, 2.24) is 9.80 Å². The molecule has 0 aromatic heterocycles. The molecule has 2 fully saturated rings. The van der Waals surface area contributed by atoms with Gasteiger partial charge in [-0.25, -0.2) is 4.79 Å². The topological polar surface area (TPSA) is 32.8 Å². The van der Waals surface area contributed by atoms with Crippen LogP contribution >= 0.6 is 0 Å². The van der Waals surface area contributed by atoms with E-state index in [2.05, 4.69) is 39.8 Å². The molecular formula is C19H28N2O2. The highest BCUT2D eigenvalue weighted by Crippen LogP contribution is 2.42. The summed E-state index contributed by atoms with van der Waals surface area (Å²) < 4.78 is 6.31. The van der Waals surface area contributed by atoms with Crippen LogP contribution in [0.1, 0.15) is 52.1 Å². The van der Waals surface area contributed by atoms with Gasteiger partial charge in [-0.1, -0.05) is 51.1 Å². The molecule has 1 aromatic rings. The Balaban J connectivity index is 1.88. The fourth-order valence-electron chi connectivity index (χ4n) is 3.77. The van der Waals surface area contributed by atoms with Gasteiger partial charge < -0.3 is 9.64 Å². The molecule has 2 heterocycles. The van der Waals surface area contributed by atoms with Gasteiger partial charge in [0.25, 0.3) is 0 Å². The first-order valence-electron chi connectivity index (χ1n) is 8.56. The fraction of sp³-hybridized carbons (Fsp3) is 0.632. The van der Waals surface area contributed by atoms with Gasteiger partial charge in [-0.15, -0.1) is 0 Å². The van der Waals surface area contributed by atoms with Crippen LogP contribution in [0.4, 0.5) is 4.79 Å². The van der Waals surface area contributed by atoms with Crippen molar-refractivity contribution in [3.05, 3.63) is 35.9 Å². The lowest BCUT2D eigenvalue weighted by Gasteiger charge is -2.33. The molecule has 4 atom stereocenters. The van der Waals surface area contributed by atoms with Gasteiger partial charge in [-0.05, 0) is 30.7 Å². The first kappa shape index (κ1) is 16.3. The minimum absolute atomic E-state index is 0.0532. The van der Waals surface area contributed by atoms with E-state index in [4.69, 9.17) is 4.74 Å². The van der Waals surface area contributed by atoms with E-state index in [1.165, 1.54) is 5.56 Å². The average Bonchev–Trinajstić information content (AvgIpc) is 3.07. The molecule has 0 aliphatic carbocycles. The van der Waals surface area contributed by atoms with Crippen molar-refractivity contribution < 1.29 is 9.53 Å². The summed E-state index contributed by atoms with van der Waals surface area (Å²) in [6.07, 6.45) is 2.01. The second kappa shape index (κ2) is 5.82. The molecule has 2 aliphatic rings. The molecule has 0 N–H and O–H groups in total. The number of urea groups is 1. The lowest BCUT2D eigenvalue weighted by atomic mass is 9.87. The van der Waals surface area contributed by atoms with Crippen LogP contribution in [0.5, 0.6) is 0 Å². The van der Waals surface area contributed by atoms with Gasteiger partial charge in [-0.3, -0.25) is 4.90 Å². The van der Waals surface area contributed by atoms with Gasteiger partial charge in [0.05, 0.1) is 18.2 Å². The Morgan fingerprint density at radius 1 is 1.13 bits per heavy atom. The molecular weight excluding hydrogens is 288 g/mol. The van der Waals surface area contributed by atoms with Crippen molar-refractivity contribution in [1.29, 1.82) is 0 Å². The Morgan fingerprint density at radius 2 is 1.78 bits per heavy atom. The fourth-order valence-corrected chi connectivity index (χ4v) is 3.77. The molecule has 4 heteroatoms. The molecule has 4 unspecified atom stereocenters. The third-order valence-corrected chi connectivity index (χ3v) is 5.30. The van der Waals surface area contributed by atoms with Gasteiger partial charge in [0.1, 0.15) is 6.23 Å². The summed E-state index contributed by atoms with van der Waals surface area (Å²) in [5.41, 5.74) is 1.29. The van der Waals surface area contributed by atoms with Gasteiger partial charge in [0.15, 0.2) is 0 Å². The van der Waals surface area contributed by atoms with Crippen molar-refractivity contribution >= 4 is 6.03 Å². The smallest absolute Gasteiger partial charge is 0.322 e. The summed E-state index contributed by atoms with van der Waals surface area (Å²) in [7, 11) is 1.89. The van der Waals surface area contributed by atoms with Crippen LogP contribution in [-0.4, -0.2) is 41.3 Å². The number of carbonyl (C=O) groups is 1. The summed E-state index contributed by atoms with van der Waals surface area (Å²) in [6.45, 7) is 8.73. The number of benzene rings is 1. The maximum absolute atomic E-state index is 12.8. The van der Waals surface area contributed by atoms with Crippen LogP contribution in [0.25, 0.3) is 0 Å². The summed E-state index contributed by atoms with van der Waals surface area (Å²) in [5.74, 6) is 0. The van der Waals surface area contributed by atoms with Crippen molar-refractivity contribution in [3.63, 3.8) is 0 Å². The summed E-state index contributed by atoms with van der Waals surface area (Å²) >= 11 is 0. The average molecular weight is 316 g/mol. The van der Waals surface area contributed by atoms with E-state index >= 15 is 0 Å². The molecule has 2 saturated heterocycles. The molecule has 3 rings (SSSR count). The molecule has 0 bridgehead atoms. The molecule has 0 saturated carbocycles. The SMILES string of the molecule is CC1C(c2ccccc2)N(C2CCC(C(C)(C)C)O2)C(=O)N1C. The highest BCUT2D eigenvalue weighted by Gasteiger charge is 2.48. The maximum Gasteiger partial charge on any atom is 0.322 e. The zero-order chi connectivity index (χ0) is 16.8. The third kappa shape index (κ3) is 2.85. The minimum atomic E-state index is -0.121. The van der Waals surface area contributed by atoms with Gasteiger partial charge >= 0.3 is 6.03 Å². The second-order valence-corrected chi connectivity index (χ2v) is 7.92. The van der Waals surface area contributed by atoms with E-state index in [0.717, 1.165) is 12.8 Å². The molecule has 23 heavy (non-hydrogen) atoms. The lowest BCUT2D eigenvalue weighted by Crippen LogP contribution is -2.40. The number of carbonyl (C=O) groups excluding carboxylic acids is 1. The Morgan fingerprint density at radius 3 is 2.35 bits per heavy atom. The predicted octanol–water partition coefficient (Wildman–Crippen LogP) is 4.03. The Bertz CT molecular complexity index is 566. The number of ether oxygens (including phenoxy) is 1. The molecule has 0 spiro atoms. The second-order valence-electron chi connectivity index (χ2n) is 7.92. The standard InChI is InChI=1S/C19H28N2O2/c1-13-17(14-9-7-6-8-10-14)21(18(22)20(13)5)16-12-11-15(23-16)19(2,3)4/h6-10,13,15-17H,11-12H2,1-5H3. The molecule has 0 radical (unpaired) electrons. The van der Waals surface area contributed by atoms with Crippen molar-refractivity contribution in [2.45, 2.75) is 65.0 Å². The number of hydrogen-bond donors (Lipinski definition) is 0. The van der Waals surface area contributed by atoms with E-state index in [9.17, 15) is 4.79 Å². The van der Waals surface area contributed by atoms with E-state index in [-0.39, 0.29) is 35.9 Å². The van der Waals surface area contributed by atoms with Crippen LogP contribution in [-0.2, 0) is 4.74 Å². The van der Waals surface area contributed by atoms with Crippen LogP contribution in [0.2, 0.25) is 0 Å². The Labute approximate surface area is 139 Å². The van der Waals surface area contributed by atoms with Crippen LogP contribution in [0.3, 0.4) is 0 Å². The van der Waals surface area contributed by atoms with E-state index in [1.807, 2.05) is 35.0 Å². The molecule has 2 aliphatic heterocycles. The lowest BCUT2D eigenvalue weighted by molar-refractivity contribution is -0.0766. The maximum atomic E-state index is 12.8. The van der Waals surface area contributed by atoms with Crippen LogP contribution in [0, 0.1) is 5.41 Å². The largest absolute Gasteiger partial charge is 0.354 e. The van der Waals surface area contributed by atoms with Gasteiger partial charge in [-0.2, -0.15) is 0 Å². The number of likely N-dealkylation sites (N-methyl/N-ethyl adjacent to an activating group) is 1. The number of nitrogens with zero attached hydrogens (tertiary/aromatic N) is 2. The highest BCUT2D eigenvalue weighted by atomic mass is 16.5. The minimum Gasteiger partial charge on any atom is -0.354 e. The Hall–Kier alpha value is -1.55. The van der Waals surface area contributed by atoms with E-state index < -0.39 is 0 Å². The van der Waals surface area contributed by atoms with E-state index in [0.29, 0.717) is 0 Å². The predicted molar refractivity (Wildman–Crippen MR) is 91.0 cm³/mol. The van der Waals surface area contributed by atoms with Crippen molar-refractivity contribution in [2.24, 2.45) is 5.41 Å².